The van der Waals surface area contributed by atoms with E-state index in [-0.39, 0.29) is 24.0 Å². The summed E-state index contributed by atoms with van der Waals surface area (Å²) in [7, 11) is 1.83. The standard InChI is InChI=1S/C19H33N5.HI/c1-3-10-21-19(20-2)22-11-7-12-23-13-15-24(16-14-23)17-18-8-5-4-6-9-18;/h4-6,8-9H,3,7,10-17H2,1-2H3,(H2,20,21,22);1H. The summed E-state index contributed by atoms with van der Waals surface area (Å²) in [5.74, 6) is 0.921. The van der Waals surface area contributed by atoms with Crippen molar-refractivity contribution in [3.8, 4) is 0 Å². The van der Waals surface area contributed by atoms with Crippen LogP contribution in [0.15, 0.2) is 35.3 Å². The molecule has 1 aliphatic heterocycles. The van der Waals surface area contributed by atoms with Gasteiger partial charge in [-0.15, -0.1) is 24.0 Å². The largest absolute Gasteiger partial charge is 0.356 e. The van der Waals surface area contributed by atoms with Crippen LogP contribution < -0.4 is 10.6 Å². The van der Waals surface area contributed by atoms with Crippen molar-refractivity contribution in [3.63, 3.8) is 0 Å². The first-order valence-corrected chi connectivity index (χ1v) is 9.25. The topological polar surface area (TPSA) is 42.9 Å². The van der Waals surface area contributed by atoms with Crippen LogP contribution in [0, 0.1) is 0 Å². The molecule has 0 bridgehead atoms. The number of hydrogen-bond acceptors (Lipinski definition) is 3. The summed E-state index contributed by atoms with van der Waals surface area (Å²) in [5, 5.41) is 6.69. The number of benzene rings is 1. The SMILES string of the molecule is CCCNC(=NC)NCCCN1CCN(Cc2ccccc2)CC1.I. The molecular weight excluding hydrogens is 425 g/mol. The minimum atomic E-state index is 0. The number of nitrogens with zero attached hydrogens (tertiary/aromatic N) is 3. The summed E-state index contributed by atoms with van der Waals surface area (Å²) in [6.07, 6.45) is 2.28. The quantitative estimate of drug-likeness (QED) is 0.271. The first kappa shape index (κ1) is 22.2. The lowest BCUT2D eigenvalue weighted by Crippen LogP contribution is -2.46. The maximum absolute atomic E-state index is 4.23. The second-order valence-electron chi connectivity index (χ2n) is 6.38. The van der Waals surface area contributed by atoms with Gasteiger partial charge < -0.3 is 15.5 Å². The lowest BCUT2D eigenvalue weighted by molar-refractivity contribution is 0.126. The van der Waals surface area contributed by atoms with Gasteiger partial charge in [0.1, 0.15) is 0 Å². The monoisotopic (exact) mass is 459 g/mol. The Hall–Kier alpha value is -0.860. The predicted molar refractivity (Wildman–Crippen MR) is 118 cm³/mol. The fourth-order valence-corrected chi connectivity index (χ4v) is 2.99. The van der Waals surface area contributed by atoms with Gasteiger partial charge in [0.15, 0.2) is 5.96 Å². The van der Waals surface area contributed by atoms with Crippen LogP contribution in [0.25, 0.3) is 0 Å². The van der Waals surface area contributed by atoms with Crippen molar-refractivity contribution in [1.82, 2.24) is 20.4 Å². The van der Waals surface area contributed by atoms with E-state index in [1.807, 2.05) is 7.05 Å². The zero-order valence-electron chi connectivity index (χ0n) is 15.7. The highest BCUT2D eigenvalue weighted by Crippen LogP contribution is 2.08. The average Bonchev–Trinajstić information content (AvgIpc) is 2.63. The minimum absolute atomic E-state index is 0. The highest BCUT2D eigenvalue weighted by atomic mass is 127. The third kappa shape index (κ3) is 8.87. The van der Waals surface area contributed by atoms with Crippen molar-refractivity contribution in [2.24, 2.45) is 4.99 Å². The fourth-order valence-electron chi connectivity index (χ4n) is 2.99. The van der Waals surface area contributed by atoms with E-state index in [0.29, 0.717) is 0 Å². The smallest absolute Gasteiger partial charge is 0.190 e. The molecule has 0 aromatic heterocycles. The van der Waals surface area contributed by atoms with Crippen molar-refractivity contribution in [2.75, 3.05) is 52.9 Å². The van der Waals surface area contributed by atoms with Crippen LogP contribution in [0.5, 0.6) is 0 Å². The molecule has 0 unspecified atom stereocenters. The fraction of sp³-hybridized carbons (Fsp3) is 0.632. The van der Waals surface area contributed by atoms with Crippen molar-refractivity contribution in [3.05, 3.63) is 35.9 Å². The zero-order chi connectivity index (χ0) is 17.0. The molecule has 6 heteroatoms. The first-order chi connectivity index (χ1) is 11.8. The summed E-state index contributed by atoms with van der Waals surface area (Å²) in [4.78, 5) is 9.36. The number of rotatable bonds is 8. The second-order valence-corrected chi connectivity index (χ2v) is 6.38. The maximum atomic E-state index is 4.23. The summed E-state index contributed by atoms with van der Waals surface area (Å²) >= 11 is 0. The van der Waals surface area contributed by atoms with Gasteiger partial charge in [-0.2, -0.15) is 0 Å². The third-order valence-corrected chi connectivity index (χ3v) is 4.42. The zero-order valence-corrected chi connectivity index (χ0v) is 18.0. The Morgan fingerprint density at radius 1 is 1.00 bits per heavy atom. The molecule has 1 aromatic carbocycles. The first-order valence-electron chi connectivity index (χ1n) is 9.25. The van der Waals surface area contributed by atoms with Gasteiger partial charge in [0.25, 0.3) is 0 Å². The Kier molecular flexibility index (Phi) is 11.9. The van der Waals surface area contributed by atoms with Gasteiger partial charge in [0.05, 0.1) is 0 Å². The molecule has 1 aliphatic rings. The number of piperazine rings is 1. The van der Waals surface area contributed by atoms with Gasteiger partial charge in [-0.05, 0) is 24.9 Å². The summed E-state index contributed by atoms with van der Waals surface area (Å²) in [6, 6.07) is 10.8. The van der Waals surface area contributed by atoms with Crippen molar-refractivity contribution in [1.29, 1.82) is 0 Å². The Morgan fingerprint density at radius 2 is 1.64 bits per heavy atom. The lowest BCUT2D eigenvalue weighted by Gasteiger charge is -2.34. The number of nitrogens with one attached hydrogen (secondary N) is 2. The molecule has 1 saturated heterocycles. The number of aliphatic imine (C=N–C) groups is 1. The van der Waals surface area contributed by atoms with E-state index in [4.69, 9.17) is 0 Å². The summed E-state index contributed by atoms with van der Waals surface area (Å²) in [6.45, 7) is 11.1. The van der Waals surface area contributed by atoms with E-state index in [1.165, 1.54) is 31.7 Å². The Balaban J connectivity index is 0.00000312. The molecule has 2 N–H and O–H groups in total. The maximum Gasteiger partial charge on any atom is 0.190 e. The third-order valence-electron chi connectivity index (χ3n) is 4.42. The number of hydrogen-bond donors (Lipinski definition) is 2. The molecule has 142 valence electrons. The van der Waals surface area contributed by atoms with E-state index < -0.39 is 0 Å². The van der Waals surface area contributed by atoms with Crippen molar-refractivity contribution < 1.29 is 0 Å². The van der Waals surface area contributed by atoms with E-state index in [1.54, 1.807) is 0 Å². The van der Waals surface area contributed by atoms with Gasteiger partial charge in [-0.1, -0.05) is 37.3 Å². The van der Waals surface area contributed by atoms with Crippen LogP contribution in [0.1, 0.15) is 25.3 Å². The van der Waals surface area contributed by atoms with Gasteiger partial charge >= 0.3 is 0 Å². The summed E-state index contributed by atoms with van der Waals surface area (Å²) < 4.78 is 0. The molecule has 5 nitrogen and oxygen atoms in total. The van der Waals surface area contributed by atoms with Gasteiger partial charge in [-0.25, -0.2) is 0 Å². The molecule has 2 rings (SSSR count). The van der Waals surface area contributed by atoms with Crippen LogP contribution in [0.4, 0.5) is 0 Å². The molecule has 0 saturated carbocycles. The van der Waals surface area contributed by atoms with Crippen LogP contribution >= 0.6 is 24.0 Å². The van der Waals surface area contributed by atoms with E-state index in [0.717, 1.165) is 45.0 Å². The minimum Gasteiger partial charge on any atom is -0.356 e. The highest BCUT2D eigenvalue weighted by molar-refractivity contribution is 14.0. The Bertz CT molecular complexity index is 472. The Labute approximate surface area is 170 Å². The van der Waals surface area contributed by atoms with E-state index >= 15 is 0 Å². The predicted octanol–water partition coefficient (Wildman–Crippen LogP) is 2.39. The van der Waals surface area contributed by atoms with Gasteiger partial charge in [0, 0.05) is 52.9 Å². The van der Waals surface area contributed by atoms with Crippen molar-refractivity contribution in [2.45, 2.75) is 26.3 Å². The van der Waals surface area contributed by atoms with E-state index in [2.05, 4.69) is 62.7 Å². The van der Waals surface area contributed by atoms with Gasteiger partial charge in [-0.3, -0.25) is 9.89 Å². The number of guanidine groups is 1. The molecule has 1 heterocycles. The van der Waals surface area contributed by atoms with Crippen LogP contribution in [0.3, 0.4) is 0 Å². The van der Waals surface area contributed by atoms with Crippen molar-refractivity contribution >= 4 is 29.9 Å². The molecule has 0 aliphatic carbocycles. The number of halogens is 1. The van der Waals surface area contributed by atoms with Gasteiger partial charge in [0.2, 0.25) is 0 Å². The molecule has 1 fully saturated rings. The van der Waals surface area contributed by atoms with Crippen LogP contribution in [-0.4, -0.2) is 68.6 Å². The van der Waals surface area contributed by atoms with E-state index in [9.17, 15) is 0 Å². The lowest BCUT2D eigenvalue weighted by atomic mass is 10.2. The molecule has 0 atom stereocenters. The Morgan fingerprint density at radius 3 is 2.28 bits per heavy atom. The molecular formula is C19H34IN5. The summed E-state index contributed by atoms with van der Waals surface area (Å²) in [5.41, 5.74) is 1.42. The molecule has 0 amide bonds. The normalized spacial score (nSPS) is 16.3. The molecule has 1 aromatic rings. The molecule has 0 spiro atoms. The second kappa shape index (κ2) is 13.4. The van der Waals surface area contributed by atoms with Crippen LogP contribution in [0.2, 0.25) is 0 Å². The average molecular weight is 459 g/mol. The molecule has 0 radical (unpaired) electrons. The molecule has 25 heavy (non-hydrogen) atoms. The highest BCUT2D eigenvalue weighted by Gasteiger charge is 2.16. The van der Waals surface area contributed by atoms with Crippen LogP contribution in [-0.2, 0) is 6.54 Å².